The Kier molecular flexibility index (Phi) is 3.75. The number of nitrogens with two attached hydrogens (primary N) is 1. The van der Waals surface area contributed by atoms with Gasteiger partial charge >= 0.3 is 0 Å². The van der Waals surface area contributed by atoms with Crippen molar-refractivity contribution in [3.8, 4) is 0 Å². The first-order valence-corrected chi connectivity index (χ1v) is 7.01. The molecule has 0 atom stereocenters. The number of hydrogen-bond donors (Lipinski definition) is 3. The Balaban J connectivity index is 2.17. The maximum atomic E-state index is 11.9. The van der Waals surface area contributed by atoms with Gasteiger partial charge in [0.1, 0.15) is 10.7 Å². The second-order valence-corrected chi connectivity index (χ2v) is 5.66. The van der Waals surface area contributed by atoms with Gasteiger partial charge < -0.3 is 10.2 Å². The van der Waals surface area contributed by atoms with Gasteiger partial charge in [-0.3, -0.25) is 0 Å². The molecule has 0 unspecified atom stereocenters. The first-order valence-electron chi connectivity index (χ1n) is 4.73. The van der Waals surface area contributed by atoms with Crippen LogP contribution in [0.1, 0.15) is 11.6 Å². The van der Waals surface area contributed by atoms with Crippen molar-refractivity contribution < 1.29 is 12.8 Å². The molecular weight excluding hydrogens is 328 g/mol. The van der Waals surface area contributed by atoms with Gasteiger partial charge in [0.15, 0.2) is 10.5 Å². The molecular formula is C7H9BrN6O3S. The van der Waals surface area contributed by atoms with Crippen LogP contribution >= 0.6 is 15.9 Å². The molecule has 11 heteroatoms. The van der Waals surface area contributed by atoms with Crippen molar-refractivity contribution in [3.63, 3.8) is 0 Å². The van der Waals surface area contributed by atoms with Gasteiger partial charge in [0, 0.05) is 6.07 Å². The monoisotopic (exact) mass is 336 g/mol. The van der Waals surface area contributed by atoms with E-state index >= 15 is 0 Å². The Morgan fingerprint density at radius 3 is 2.89 bits per heavy atom. The largest absolute Gasteiger partial charge is 0.452 e. The highest BCUT2D eigenvalue weighted by Gasteiger charge is 2.22. The molecule has 0 amide bonds. The van der Waals surface area contributed by atoms with Gasteiger partial charge in [0.05, 0.1) is 13.1 Å². The van der Waals surface area contributed by atoms with Gasteiger partial charge in [-0.1, -0.05) is 5.21 Å². The van der Waals surface area contributed by atoms with Crippen LogP contribution in [-0.4, -0.2) is 29.0 Å². The average Bonchev–Trinajstić information content (AvgIpc) is 2.95. The Morgan fingerprint density at radius 2 is 2.33 bits per heavy atom. The molecule has 0 radical (unpaired) electrons. The summed E-state index contributed by atoms with van der Waals surface area (Å²) in [6.45, 7) is 0.0351. The molecule has 0 aromatic carbocycles. The fourth-order valence-electron chi connectivity index (χ4n) is 1.18. The molecule has 9 nitrogen and oxygen atoms in total. The highest BCUT2D eigenvalue weighted by Crippen LogP contribution is 2.25. The standard InChI is InChI=1S/C7H9BrN6O3S/c8-7-5(1-4(2-9)17-7)18(15,16)10-3-6-11-13-14-12-6/h1,10H,2-3,9H2,(H,11,12,13,14). The van der Waals surface area contributed by atoms with Gasteiger partial charge in [-0.05, 0) is 15.9 Å². The van der Waals surface area contributed by atoms with E-state index in [1.807, 2.05) is 0 Å². The fourth-order valence-corrected chi connectivity index (χ4v) is 3.15. The SMILES string of the molecule is NCc1cc(S(=O)(=O)NCc2nn[nH]n2)c(Br)o1. The van der Waals surface area contributed by atoms with E-state index in [4.69, 9.17) is 10.2 Å². The third-order valence-corrected chi connectivity index (χ3v) is 4.26. The Morgan fingerprint density at radius 1 is 1.56 bits per heavy atom. The van der Waals surface area contributed by atoms with E-state index in [2.05, 4.69) is 41.3 Å². The lowest BCUT2D eigenvalue weighted by Crippen LogP contribution is -2.23. The second-order valence-electron chi connectivity index (χ2n) is 3.21. The van der Waals surface area contributed by atoms with E-state index < -0.39 is 10.0 Å². The van der Waals surface area contributed by atoms with Crippen molar-refractivity contribution >= 4 is 26.0 Å². The summed E-state index contributed by atoms with van der Waals surface area (Å²) in [6.07, 6.45) is 0. The molecule has 98 valence electrons. The van der Waals surface area contributed by atoms with Crippen molar-refractivity contribution in [2.75, 3.05) is 0 Å². The number of hydrogen-bond acceptors (Lipinski definition) is 7. The van der Waals surface area contributed by atoms with Crippen LogP contribution in [0.3, 0.4) is 0 Å². The Hall–Kier alpha value is -1.30. The second kappa shape index (κ2) is 5.14. The molecule has 0 spiro atoms. The number of H-pyrrole nitrogens is 1. The molecule has 2 aromatic rings. The average molecular weight is 337 g/mol. The van der Waals surface area contributed by atoms with Gasteiger partial charge in [-0.15, -0.1) is 10.2 Å². The summed E-state index contributed by atoms with van der Waals surface area (Å²) in [4.78, 5) is -0.0218. The van der Waals surface area contributed by atoms with Crippen LogP contribution in [0, 0.1) is 0 Å². The number of nitrogens with zero attached hydrogens (tertiary/aromatic N) is 3. The van der Waals surface area contributed by atoms with Crippen molar-refractivity contribution in [3.05, 3.63) is 22.3 Å². The summed E-state index contributed by atoms with van der Waals surface area (Å²) in [5, 5.41) is 12.8. The highest BCUT2D eigenvalue weighted by molar-refractivity contribution is 9.10. The molecule has 2 rings (SSSR count). The first kappa shape index (κ1) is 13.1. The van der Waals surface area contributed by atoms with Crippen molar-refractivity contribution in [2.45, 2.75) is 18.0 Å². The predicted octanol–water partition coefficient (Wildman–Crippen LogP) is -0.508. The van der Waals surface area contributed by atoms with Gasteiger partial charge in [0.25, 0.3) is 0 Å². The van der Waals surface area contributed by atoms with E-state index in [9.17, 15) is 8.42 Å². The Labute approximate surface area is 110 Å². The van der Waals surface area contributed by atoms with E-state index in [1.54, 1.807) is 0 Å². The molecule has 0 aliphatic heterocycles. The van der Waals surface area contributed by atoms with E-state index in [0.29, 0.717) is 5.76 Å². The minimum absolute atomic E-state index is 0.0218. The zero-order valence-electron chi connectivity index (χ0n) is 8.92. The first-order chi connectivity index (χ1) is 8.53. The molecule has 18 heavy (non-hydrogen) atoms. The molecule has 0 aliphatic carbocycles. The summed E-state index contributed by atoms with van der Waals surface area (Å²) >= 11 is 3.02. The fraction of sp³-hybridized carbons (Fsp3) is 0.286. The lowest BCUT2D eigenvalue weighted by atomic mass is 10.5. The van der Waals surface area contributed by atoms with Crippen LogP contribution in [-0.2, 0) is 23.1 Å². The molecule has 4 N–H and O–H groups in total. The molecule has 0 aliphatic rings. The number of nitrogens with one attached hydrogen (secondary N) is 2. The van der Waals surface area contributed by atoms with Crippen LogP contribution in [0.2, 0.25) is 0 Å². The predicted molar refractivity (Wildman–Crippen MR) is 62.5 cm³/mol. The van der Waals surface area contributed by atoms with Gasteiger partial charge in [0.2, 0.25) is 10.0 Å². The number of sulfonamides is 1. The number of rotatable bonds is 5. The van der Waals surface area contributed by atoms with E-state index in [1.165, 1.54) is 6.07 Å². The lowest BCUT2D eigenvalue weighted by Gasteiger charge is -2.01. The summed E-state index contributed by atoms with van der Waals surface area (Å²) in [5.41, 5.74) is 5.36. The summed E-state index contributed by atoms with van der Waals surface area (Å²) in [5.74, 6) is 0.596. The van der Waals surface area contributed by atoms with E-state index in [-0.39, 0.29) is 28.5 Å². The van der Waals surface area contributed by atoms with E-state index in [0.717, 1.165) is 0 Å². The topological polar surface area (TPSA) is 140 Å². The number of halogens is 1. The van der Waals surface area contributed by atoms with Crippen LogP contribution in [0.4, 0.5) is 0 Å². The molecule has 0 bridgehead atoms. The summed E-state index contributed by atoms with van der Waals surface area (Å²) in [6, 6.07) is 1.35. The quantitative estimate of drug-likeness (QED) is 0.667. The van der Waals surface area contributed by atoms with Crippen LogP contribution < -0.4 is 10.5 Å². The maximum Gasteiger partial charge on any atom is 0.245 e. The zero-order valence-corrected chi connectivity index (χ0v) is 11.3. The number of aromatic amines is 1. The van der Waals surface area contributed by atoms with Crippen molar-refractivity contribution in [1.82, 2.24) is 25.3 Å². The molecule has 2 aromatic heterocycles. The molecule has 0 saturated heterocycles. The number of aromatic nitrogens is 4. The molecule has 2 heterocycles. The highest BCUT2D eigenvalue weighted by atomic mass is 79.9. The smallest absolute Gasteiger partial charge is 0.245 e. The third kappa shape index (κ3) is 2.75. The minimum atomic E-state index is -3.72. The number of furan rings is 1. The summed E-state index contributed by atoms with van der Waals surface area (Å²) in [7, 11) is -3.72. The maximum absolute atomic E-state index is 11.9. The van der Waals surface area contributed by atoms with Gasteiger partial charge in [-0.2, -0.15) is 5.21 Å². The zero-order chi connectivity index (χ0) is 13.2. The molecule has 0 saturated carbocycles. The van der Waals surface area contributed by atoms with Crippen LogP contribution in [0.15, 0.2) is 20.0 Å². The minimum Gasteiger partial charge on any atom is -0.452 e. The lowest BCUT2D eigenvalue weighted by molar-refractivity contribution is 0.483. The third-order valence-electron chi connectivity index (χ3n) is 2.01. The Bertz CT molecular complexity index is 622. The van der Waals surface area contributed by atoms with Crippen LogP contribution in [0.5, 0.6) is 0 Å². The summed E-state index contributed by atoms with van der Waals surface area (Å²) < 4.78 is 31.4. The normalized spacial score (nSPS) is 11.9. The van der Waals surface area contributed by atoms with Crippen molar-refractivity contribution in [2.24, 2.45) is 5.73 Å². The van der Waals surface area contributed by atoms with Crippen molar-refractivity contribution in [1.29, 1.82) is 0 Å². The number of tetrazole rings is 1. The van der Waals surface area contributed by atoms with Gasteiger partial charge in [-0.25, -0.2) is 13.1 Å². The molecule has 0 fully saturated rings. The van der Waals surface area contributed by atoms with Crippen LogP contribution in [0.25, 0.3) is 0 Å².